The van der Waals surface area contributed by atoms with Gasteiger partial charge in [-0.1, -0.05) is 74.5 Å². The van der Waals surface area contributed by atoms with Gasteiger partial charge < -0.3 is 0 Å². The Kier molecular flexibility index (Phi) is 4.71. The zero-order valence-corrected chi connectivity index (χ0v) is 13.9. The van der Waals surface area contributed by atoms with Gasteiger partial charge in [0.05, 0.1) is 6.21 Å². The first-order valence-electron chi connectivity index (χ1n) is 8.06. The summed E-state index contributed by atoms with van der Waals surface area (Å²) in [5.74, 6) is 0.295. The van der Waals surface area contributed by atoms with Crippen molar-refractivity contribution in [3.8, 4) is 0 Å². The van der Waals surface area contributed by atoms with Crippen LogP contribution in [0.2, 0.25) is 0 Å². The fourth-order valence-corrected chi connectivity index (χ4v) is 2.62. The summed E-state index contributed by atoms with van der Waals surface area (Å²) in [5.41, 5.74) is 5.47. The van der Waals surface area contributed by atoms with E-state index in [9.17, 15) is 4.79 Å². The van der Waals surface area contributed by atoms with E-state index in [0.717, 1.165) is 16.3 Å². The SMILES string of the molecule is CC(C)c1ccc(C=NNC(=O)c2cccc3ccccc23)cc1. The van der Waals surface area contributed by atoms with Gasteiger partial charge in [-0.3, -0.25) is 4.79 Å². The smallest absolute Gasteiger partial charge is 0.267 e. The Labute approximate surface area is 142 Å². The van der Waals surface area contributed by atoms with Gasteiger partial charge in [-0.05, 0) is 33.9 Å². The molecule has 0 atom stereocenters. The first-order valence-corrected chi connectivity index (χ1v) is 8.06. The third-order valence-corrected chi connectivity index (χ3v) is 4.02. The van der Waals surface area contributed by atoms with E-state index in [1.165, 1.54) is 5.56 Å². The molecule has 0 aromatic heterocycles. The van der Waals surface area contributed by atoms with Gasteiger partial charge in [-0.15, -0.1) is 0 Å². The standard InChI is InChI=1S/C21H20N2O/c1-15(2)17-12-10-16(11-13-17)14-22-23-21(24)20-9-5-7-18-6-3-4-8-19(18)20/h3-15H,1-2H3,(H,23,24). The minimum atomic E-state index is -0.207. The molecule has 0 spiro atoms. The molecule has 0 aliphatic carbocycles. The fraction of sp³-hybridized carbons (Fsp3) is 0.143. The molecule has 1 N–H and O–H groups in total. The van der Waals surface area contributed by atoms with Crippen LogP contribution in [0.3, 0.4) is 0 Å². The highest BCUT2D eigenvalue weighted by molar-refractivity contribution is 6.07. The van der Waals surface area contributed by atoms with Crippen molar-refractivity contribution in [1.29, 1.82) is 0 Å². The van der Waals surface area contributed by atoms with Crippen LogP contribution in [-0.2, 0) is 0 Å². The topological polar surface area (TPSA) is 41.5 Å². The molecule has 1 amide bonds. The predicted octanol–water partition coefficient (Wildman–Crippen LogP) is 4.73. The third kappa shape index (κ3) is 3.51. The zero-order chi connectivity index (χ0) is 16.9. The van der Waals surface area contributed by atoms with E-state index in [2.05, 4.69) is 36.5 Å². The van der Waals surface area contributed by atoms with Crippen molar-refractivity contribution in [2.75, 3.05) is 0 Å². The number of carbonyl (C=O) groups excluding carboxylic acids is 1. The van der Waals surface area contributed by atoms with E-state index in [1.807, 2.05) is 54.6 Å². The monoisotopic (exact) mass is 316 g/mol. The minimum absolute atomic E-state index is 0.207. The second kappa shape index (κ2) is 7.09. The van der Waals surface area contributed by atoms with Gasteiger partial charge >= 0.3 is 0 Å². The number of benzene rings is 3. The average Bonchev–Trinajstić information content (AvgIpc) is 2.61. The van der Waals surface area contributed by atoms with Crippen LogP contribution >= 0.6 is 0 Å². The molecular weight excluding hydrogens is 296 g/mol. The van der Waals surface area contributed by atoms with Gasteiger partial charge in [0.25, 0.3) is 5.91 Å². The van der Waals surface area contributed by atoms with Crippen LogP contribution in [0, 0.1) is 0 Å². The van der Waals surface area contributed by atoms with Crippen molar-refractivity contribution in [2.24, 2.45) is 5.10 Å². The summed E-state index contributed by atoms with van der Waals surface area (Å²) in [7, 11) is 0. The molecular formula is C21H20N2O. The second-order valence-corrected chi connectivity index (χ2v) is 6.05. The summed E-state index contributed by atoms with van der Waals surface area (Å²) in [6.07, 6.45) is 1.66. The van der Waals surface area contributed by atoms with Crippen molar-refractivity contribution in [1.82, 2.24) is 5.43 Å². The maximum Gasteiger partial charge on any atom is 0.271 e. The van der Waals surface area contributed by atoms with Gasteiger partial charge in [0, 0.05) is 5.56 Å². The largest absolute Gasteiger partial charge is 0.271 e. The van der Waals surface area contributed by atoms with E-state index >= 15 is 0 Å². The molecule has 0 aliphatic rings. The number of hydrogen-bond acceptors (Lipinski definition) is 2. The van der Waals surface area contributed by atoms with Gasteiger partial charge in [-0.25, -0.2) is 5.43 Å². The van der Waals surface area contributed by atoms with Crippen LogP contribution in [0.25, 0.3) is 10.8 Å². The maximum atomic E-state index is 12.4. The molecule has 0 unspecified atom stereocenters. The lowest BCUT2D eigenvalue weighted by Gasteiger charge is -2.05. The van der Waals surface area contributed by atoms with Crippen molar-refractivity contribution in [3.63, 3.8) is 0 Å². The molecule has 3 aromatic carbocycles. The number of rotatable bonds is 4. The van der Waals surface area contributed by atoms with Crippen LogP contribution in [0.4, 0.5) is 0 Å². The predicted molar refractivity (Wildman–Crippen MR) is 99.5 cm³/mol. The lowest BCUT2D eigenvalue weighted by molar-refractivity contribution is 0.0957. The Hall–Kier alpha value is -2.94. The summed E-state index contributed by atoms with van der Waals surface area (Å²) in [4.78, 5) is 12.4. The number of nitrogens with one attached hydrogen (secondary N) is 1. The van der Waals surface area contributed by atoms with E-state index in [1.54, 1.807) is 6.21 Å². The minimum Gasteiger partial charge on any atom is -0.267 e. The molecule has 3 heteroatoms. The molecule has 3 rings (SSSR count). The van der Waals surface area contributed by atoms with Crippen LogP contribution < -0.4 is 5.43 Å². The number of hydrogen-bond donors (Lipinski definition) is 1. The highest BCUT2D eigenvalue weighted by Gasteiger charge is 2.08. The summed E-state index contributed by atoms with van der Waals surface area (Å²) < 4.78 is 0. The lowest BCUT2D eigenvalue weighted by Crippen LogP contribution is -2.17. The zero-order valence-electron chi connectivity index (χ0n) is 13.9. The molecule has 24 heavy (non-hydrogen) atoms. The van der Waals surface area contributed by atoms with Crippen molar-refractivity contribution >= 4 is 22.9 Å². The normalized spacial score (nSPS) is 11.3. The fourth-order valence-electron chi connectivity index (χ4n) is 2.62. The molecule has 3 nitrogen and oxygen atoms in total. The summed E-state index contributed by atoms with van der Waals surface area (Å²) in [6.45, 7) is 4.32. The molecule has 3 aromatic rings. The molecule has 0 radical (unpaired) electrons. The van der Waals surface area contributed by atoms with Gasteiger partial charge in [-0.2, -0.15) is 5.10 Å². The molecule has 0 saturated carbocycles. The Bertz CT molecular complexity index is 874. The van der Waals surface area contributed by atoms with E-state index < -0.39 is 0 Å². The summed E-state index contributed by atoms with van der Waals surface area (Å²) >= 11 is 0. The van der Waals surface area contributed by atoms with Crippen molar-refractivity contribution < 1.29 is 4.79 Å². The van der Waals surface area contributed by atoms with E-state index in [0.29, 0.717) is 11.5 Å². The van der Waals surface area contributed by atoms with Crippen LogP contribution in [0.5, 0.6) is 0 Å². The van der Waals surface area contributed by atoms with E-state index in [-0.39, 0.29) is 5.91 Å². The van der Waals surface area contributed by atoms with Crippen molar-refractivity contribution in [3.05, 3.63) is 83.4 Å². The number of amides is 1. The van der Waals surface area contributed by atoms with E-state index in [4.69, 9.17) is 0 Å². The summed E-state index contributed by atoms with van der Waals surface area (Å²) in [6, 6.07) is 21.7. The number of carbonyl (C=O) groups is 1. The molecule has 0 bridgehead atoms. The van der Waals surface area contributed by atoms with Gasteiger partial charge in [0.15, 0.2) is 0 Å². The maximum absolute atomic E-state index is 12.4. The van der Waals surface area contributed by atoms with Gasteiger partial charge in [0.1, 0.15) is 0 Å². The Balaban J connectivity index is 1.72. The number of fused-ring (bicyclic) bond motifs is 1. The third-order valence-electron chi connectivity index (χ3n) is 4.02. The number of hydrazone groups is 1. The first-order chi connectivity index (χ1) is 11.6. The molecule has 0 heterocycles. The van der Waals surface area contributed by atoms with Crippen LogP contribution in [0.15, 0.2) is 71.8 Å². The highest BCUT2D eigenvalue weighted by Crippen LogP contribution is 2.18. The lowest BCUT2D eigenvalue weighted by atomic mass is 10.0. The quantitative estimate of drug-likeness (QED) is 0.549. The summed E-state index contributed by atoms with van der Waals surface area (Å²) in [5, 5.41) is 6.04. The van der Waals surface area contributed by atoms with Gasteiger partial charge in [0.2, 0.25) is 0 Å². The number of nitrogens with zero attached hydrogens (tertiary/aromatic N) is 1. The van der Waals surface area contributed by atoms with Crippen LogP contribution in [0.1, 0.15) is 41.3 Å². The molecule has 0 fully saturated rings. The molecule has 0 aliphatic heterocycles. The second-order valence-electron chi connectivity index (χ2n) is 6.05. The van der Waals surface area contributed by atoms with Crippen molar-refractivity contribution in [2.45, 2.75) is 19.8 Å². The molecule has 120 valence electrons. The average molecular weight is 316 g/mol. The Morgan fingerprint density at radius 2 is 1.67 bits per heavy atom. The Morgan fingerprint density at radius 1 is 0.958 bits per heavy atom. The highest BCUT2D eigenvalue weighted by atomic mass is 16.2. The van der Waals surface area contributed by atoms with Crippen LogP contribution in [-0.4, -0.2) is 12.1 Å². The first kappa shape index (κ1) is 15.9. The molecule has 0 saturated heterocycles. The Morgan fingerprint density at radius 3 is 2.42 bits per heavy atom.